The Balaban J connectivity index is 3.16. The minimum absolute atomic E-state index is 0.0227. The molecule has 2 amide bonds. The summed E-state index contributed by atoms with van der Waals surface area (Å²) in [5.41, 5.74) is -0.265. The molecule has 1 aromatic rings. The molecular weight excluding hydrogens is 494 g/mol. The van der Waals surface area contributed by atoms with Crippen molar-refractivity contribution in [1.82, 2.24) is 15.5 Å². The maximum Gasteiger partial charge on any atom is 0.320 e. The molecule has 3 atom stereocenters. The first-order chi connectivity index (χ1) is 17.0. The third-order valence-electron chi connectivity index (χ3n) is 5.49. The quantitative estimate of drug-likeness (QED) is 0.262. The second-order valence-electron chi connectivity index (χ2n) is 12.0. The van der Waals surface area contributed by atoms with Gasteiger partial charge in [0, 0.05) is 13.1 Å². The molecule has 0 saturated heterocycles. The minimum Gasteiger partial charge on any atom is -0.459 e. The largest absolute Gasteiger partial charge is 0.459 e. The van der Waals surface area contributed by atoms with Gasteiger partial charge in [-0.2, -0.15) is 0 Å². The van der Waals surface area contributed by atoms with Crippen LogP contribution in [-0.2, 0) is 25.5 Å². The highest BCUT2D eigenvalue weighted by atomic mass is 35.5. The zero-order valence-electron chi connectivity index (χ0n) is 23.6. The van der Waals surface area contributed by atoms with Gasteiger partial charge in [0.05, 0.1) is 18.7 Å². The van der Waals surface area contributed by atoms with Gasteiger partial charge >= 0.3 is 5.97 Å². The van der Waals surface area contributed by atoms with Crippen LogP contribution < -0.4 is 10.6 Å². The predicted molar refractivity (Wildman–Crippen MR) is 147 cm³/mol. The van der Waals surface area contributed by atoms with E-state index in [1.807, 2.05) is 90.6 Å². The molecule has 0 heterocycles. The summed E-state index contributed by atoms with van der Waals surface area (Å²) in [6.07, 6.45) is -0.620. The van der Waals surface area contributed by atoms with E-state index < -0.39 is 41.0 Å². The van der Waals surface area contributed by atoms with Crippen LogP contribution in [0.2, 0.25) is 0 Å². The fourth-order valence-electron chi connectivity index (χ4n) is 3.96. The molecular formula is C28H46ClN3O5. The lowest BCUT2D eigenvalue weighted by Gasteiger charge is -2.34. The summed E-state index contributed by atoms with van der Waals surface area (Å²) in [4.78, 5) is 39.8. The van der Waals surface area contributed by atoms with Crippen molar-refractivity contribution in [3.63, 3.8) is 0 Å². The van der Waals surface area contributed by atoms with Crippen LogP contribution in [0.5, 0.6) is 0 Å². The minimum atomic E-state index is -0.991. The van der Waals surface area contributed by atoms with Crippen molar-refractivity contribution in [2.24, 2.45) is 11.3 Å². The summed E-state index contributed by atoms with van der Waals surface area (Å²) < 4.78 is 5.49. The number of esters is 1. The Bertz CT molecular complexity index is 865. The number of amides is 2. The van der Waals surface area contributed by atoms with E-state index >= 15 is 0 Å². The third kappa shape index (κ3) is 13.3. The van der Waals surface area contributed by atoms with Gasteiger partial charge in [0.2, 0.25) is 11.8 Å². The average Bonchev–Trinajstić information content (AvgIpc) is 2.74. The van der Waals surface area contributed by atoms with Gasteiger partial charge in [-0.3, -0.25) is 19.3 Å². The van der Waals surface area contributed by atoms with E-state index in [-0.39, 0.29) is 30.9 Å². The highest BCUT2D eigenvalue weighted by molar-refractivity contribution is 6.27. The van der Waals surface area contributed by atoms with Gasteiger partial charge in [-0.1, -0.05) is 65.0 Å². The van der Waals surface area contributed by atoms with E-state index in [1.165, 1.54) is 0 Å². The molecule has 0 aliphatic rings. The molecule has 210 valence electrons. The maximum absolute atomic E-state index is 13.4. The molecule has 37 heavy (non-hydrogen) atoms. The Morgan fingerprint density at radius 3 is 2.08 bits per heavy atom. The SMILES string of the molecule is CC(C)CN(CC(=O)OC(C)(C)C)C[C@@H](O)[C@H](Cc1ccccc1)NC(=O)[C@@H](NC(=O)CCl)C(C)(C)C. The molecule has 0 aromatic heterocycles. The first-order valence-corrected chi connectivity index (χ1v) is 13.4. The maximum atomic E-state index is 13.4. The van der Waals surface area contributed by atoms with E-state index in [4.69, 9.17) is 16.3 Å². The zero-order valence-corrected chi connectivity index (χ0v) is 24.4. The van der Waals surface area contributed by atoms with Crippen molar-refractivity contribution in [2.75, 3.05) is 25.5 Å². The Morgan fingerprint density at radius 2 is 1.59 bits per heavy atom. The second kappa shape index (κ2) is 14.7. The zero-order chi connectivity index (χ0) is 28.4. The normalized spacial score (nSPS) is 14.7. The van der Waals surface area contributed by atoms with E-state index in [9.17, 15) is 19.5 Å². The van der Waals surface area contributed by atoms with Gasteiger partial charge < -0.3 is 20.5 Å². The Labute approximate surface area is 227 Å². The van der Waals surface area contributed by atoms with Crippen LogP contribution in [0.4, 0.5) is 0 Å². The van der Waals surface area contributed by atoms with Crippen molar-refractivity contribution in [1.29, 1.82) is 0 Å². The number of carbonyl (C=O) groups is 3. The summed E-state index contributed by atoms with van der Waals surface area (Å²) in [5.74, 6) is -1.25. The third-order valence-corrected chi connectivity index (χ3v) is 5.73. The molecule has 1 rings (SSSR count). The lowest BCUT2D eigenvalue weighted by molar-refractivity contribution is -0.156. The van der Waals surface area contributed by atoms with E-state index in [2.05, 4.69) is 10.6 Å². The fourth-order valence-corrected chi connectivity index (χ4v) is 4.04. The molecule has 0 aliphatic heterocycles. The summed E-state index contributed by atoms with van der Waals surface area (Å²) in [6.45, 7) is 15.8. The first kappa shape index (κ1) is 32.9. The summed E-state index contributed by atoms with van der Waals surface area (Å²) in [6, 6.07) is 8.03. The number of hydrogen-bond donors (Lipinski definition) is 3. The number of alkyl halides is 1. The van der Waals surface area contributed by atoms with E-state index in [0.717, 1.165) is 5.56 Å². The monoisotopic (exact) mass is 539 g/mol. The number of hydrogen-bond acceptors (Lipinski definition) is 6. The molecule has 8 nitrogen and oxygen atoms in total. The summed E-state index contributed by atoms with van der Waals surface area (Å²) in [5, 5.41) is 17.0. The Kier molecular flexibility index (Phi) is 13.1. The molecule has 3 N–H and O–H groups in total. The van der Waals surface area contributed by atoms with Gasteiger partial charge in [0.25, 0.3) is 0 Å². The predicted octanol–water partition coefficient (Wildman–Crippen LogP) is 3.14. The number of ether oxygens (including phenoxy) is 1. The van der Waals surface area contributed by atoms with Crippen molar-refractivity contribution >= 4 is 29.4 Å². The van der Waals surface area contributed by atoms with Gasteiger partial charge in [-0.25, -0.2) is 0 Å². The van der Waals surface area contributed by atoms with Crippen LogP contribution in [0.1, 0.15) is 61.0 Å². The molecule has 0 aliphatic carbocycles. The highest BCUT2D eigenvalue weighted by Gasteiger charge is 2.35. The Hall–Kier alpha value is -2.16. The number of nitrogens with one attached hydrogen (secondary N) is 2. The molecule has 0 fully saturated rings. The average molecular weight is 540 g/mol. The van der Waals surface area contributed by atoms with Crippen LogP contribution in [0.3, 0.4) is 0 Å². The number of aliphatic hydroxyl groups excluding tert-OH is 1. The first-order valence-electron chi connectivity index (χ1n) is 12.8. The number of rotatable bonds is 13. The number of benzene rings is 1. The van der Waals surface area contributed by atoms with Gasteiger partial charge in [-0.15, -0.1) is 11.6 Å². The van der Waals surface area contributed by atoms with Crippen LogP contribution in [0.15, 0.2) is 30.3 Å². The summed E-state index contributed by atoms with van der Waals surface area (Å²) >= 11 is 5.67. The number of nitrogens with zero attached hydrogens (tertiary/aromatic N) is 1. The van der Waals surface area contributed by atoms with Crippen LogP contribution in [0.25, 0.3) is 0 Å². The molecule has 0 bridgehead atoms. The molecule has 0 spiro atoms. The Morgan fingerprint density at radius 1 is 1.00 bits per heavy atom. The topological polar surface area (TPSA) is 108 Å². The van der Waals surface area contributed by atoms with Crippen molar-refractivity contribution in [3.05, 3.63) is 35.9 Å². The van der Waals surface area contributed by atoms with Crippen molar-refractivity contribution < 1.29 is 24.2 Å². The number of carbonyl (C=O) groups excluding carboxylic acids is 3. The number of halogens is 1. The van der Waals surface area contributed by atoms with E-state index in [0.29, 0.717) is 13.0 Å². The lowest BCUT2D eigenvalue weighted by atomic mass is 9.85. The van der Waals surface area contributed by atoms with Crippen molar-refractivity contribution in [2.45, 2.75) is 85.6 Å². The fraction of sp³-hybridized carbons (Fsp3) is 0.679. The standard InChI is InChI=1S/C28H46ClN3O5/c1-19(2)16-32(18-24(35)37-28(6,7)8)17-22(33)21(14-20-12-10-9-11-13-20)30-26(36)25(27(3,4)5)31-23(34)15-29/h9-13,19,21-22,25,33H,14-18H2,1-8H3,(H,30,36)(H,31,34)/t21-,22+,25+/m0/s1. The van der Waals surface area contributed by atoms with Crippen LogP contribution >= 0.6 is 11.6 Å². The molecule has 1 aromatic carbocycles. The van der Waals surface area contributed by atoms with Gasteiger partial charge in [0.1, 0.15) is 17.5 Å². The van der Waals surface area contributed by atoms with Gasteiger partial charge in [-0.05, 0) is 44.1 Å². The number of aliphatic hydroxyl groups is 1. The second-order valence-corrected chi connectivity index (χ2v) is 12.3. The highest BCUT2D eigenvalue weighted by Crippen LogP contribution is 2.20. The summed E-state index contributed by atoms with van der Waals surface area (Å²) in [7, 11) is 0. The molecule has 0 radical (unpaired) electrons. The van der Waals surface area contributed by atoms with Crippen LogP contribution in [0, 0.1) is 11.3 Å². The van der Waals surface area contributed by atoms with E-state index in [1.54, 1.807) is 0 Å². The smallest absolute Gasteiger partial charge is 0.320 e. The molecule has 0 saturated carbocycles. The molecule has 0 unspecified atom stereocenters. The molecule has 9 heteroatoms. The van der Waals surface area contributed by atoms with Crippen molar-refractivity contribution in [3.8, 4) is 0 Å². The van der Waals surface area contributed by atoms with Gasteiger partial charge in [0.15, 0.2) is 0 Å². The lowest BCUT2D eigenvalue weighted by Crippen LogP contribution is -2.59. The van der Waals surface area contributed by atoms with Crippen LogP contribution in [-0.4, -0.2) is 77.1 Å².